The Hall–Kier alpha value is -2.56. The molecule has 21 heavy (non-hydrogen) atoms. The number of hydrogen-bond acceptors (Lipinski definition) is 4. The van der Waals surface area contributed by atoms with E-state index < -0.39 is 5.91 Å². The molecule has 3 rings (SSSR count). The average Bonchev–Trinajstić information content (AvgIpc) is 2.44. The number of primary amides is 1. The summed E-state index contributed by atoms with van der Waals surface area (Å²) in [6, 6.07) is 8.73. The van der Waals surface area contributed by atoms with Crippen molar-refractivity contribution >= 4 is 11.6 Å². The third-order valence-corrected chi connectivity index (χ3v) is 3.70. The molecule has 0 aliphatic heterocycles. The van der Waals surface area contributed by atoms with Gasteiger partial charge >= 0.3 is 0 Å². The molecule has 1 aliphatic carbocycles. The topological polar surface area (TPSA) is 91.2 Å². The molecule has 1 aliphatic rings. The second kappa shape index (κ2) is 5.44. The molecule has 4 N–H and O–H groups in total. The van der Waals surface area contributed by atoms with Crippen LogP contribution in [0.15, 0.2) is 36.5 Å². The lowest BCUT2D eigenvalue weighted by Gasteiger charge is -2.26. The predicted molar refractivity (Wildman–Crippen MR) is 80.9 cm³/mol. The predicted octanol–water partition coefficient (Wildman–Crippen LogP) is 2.36. The number of amides is 1. The summed E-state index contributed by atoms with van der Waals surface area (Å²) < 4.78 is 5.87. The number of carbonyl (C=O) groups excluding carboxylic acids is 1. The zero-order chi connectivity index (χ0) is 14.8. The van der Waals surface area contributed by atoms with Gasteiger partial charge in [0.15, 0.2) is 0 Å². The Morgan fingerprint density at radius 2 is 2.05 bits per heavy atom. The fraction of sp³-hybridized carbons (Fsp3) is 0.250. The minimum atomic E-state index is -0.487. The van der Waals surface area contributed by atoms with Crippen LogP contribution in [0.1, 0.15) is 29.6 Å². The van der Waals surface area contributed by atoms with Gasteiger partial charge in [-0.25, -0.2) is 0 Å². The van der Waals surface area contributed by atoms with Crippen molar-refractivity contribution in [1.82, 2.24) is 4.98 Å². The highest BCUT2D eigenvalue weighted by molar-refractivity contribution is 5.94. The Labute approximate surface area is 122 Å². The fourth-order valence-corrected chi connectivity index (χ4v) is 2.24. The number of nitrogens with zero attached hydrogens (tertiary/aromatic N) is 1. The van der Waals surface area contributed by atoms with Crippen molar-refractivity contribution in [2.45, 2.75) is 25.4 Å². The Balaban J connectivity index is 1.94. The van der Waals surface area contributed by atoms with E-state index in [9.17, 15) is 4.79 Å². The highest BCUT2D eigenvalue weighted by atomic mass is 16.5. The number of aromatic nitrogens is 1. The van der Waals surface area contributed by atoms with Crippen LogP contribution in [0, 0.1) is 0 Å². The Morgan fingerprint density at radius 1 is 1.24 bits per heavy atom. The molecule has 5 heteroatoms. The van der Waals surface area contributed by atoms with Crippen LogP contribution in [0.25, 0.3) is 11.3 Å². The van der Waals surface area contributed by atoms with Crippen molar-refractivity contribution in [3.05, 3.63) is 42.1 Å². The molecule has 0 saturated heterocycles. The minimum Gasteiger partial charge on any atom is -0.490 e. The van der Waals surface area contributed by atoms with Gasteiger partial charge in [-0.3, -0.25) is 9.78 Å². The second-order valence-electron chi connectivity index (χ2n) is 5.21. The molecule has 1 aromatic heterocycles. The number of rotatable bonds is 4. The number of hydrogen-bond donors (Lipinski definition) is 2. The van der Waals surface area contributed by atoms with Gasteiger partial charge in [0.1, 0.15) is 5.75 Å². The largest absolute Gasteiger partial charge is 0.490 e. The Bertz CT molecular complexity index is 681. The van der Waals surface area contributed by atoms with E-state index in [0.717, 1.165) is 24.2 Å². The van der Waals surface area contributed by atoms with Crippen molar-refractivity contribution < 1.29 is 9.53 Å². The molecule has 0 unspecified atom stereocenters. The van der Waals surface area contributed by atoms with E-state index in [1.807, 2.05) is 12.1 Å². The van der Waals surface area contributed by atoms with Gasteiger partial charge in [-0.1, -0.05) is 0 Å². The number of carbonyl (C=O) groups is 1. The molecule has 1 aromatic carbocycles. The molecule has 108 valence electrons. The van der Waals surface area contributed by atoms with E-state index in [0.29, 0.717) is 23.0 Å². The highest BCUT2D eigenvalue weighted by Gasteiger charge is 2.19. The number of benzene rings is 1. The first kappa shape index (κ1) is 13.4. The number of pyridine rings is 1. The van der Waals surface area contributed by atoms with Crippen LogP contribution in [0.5, 0.6) is 5.75 Å². The van der Waals surface area contributed by atoms with Gasteiger partial charge < -0.3 is 16.2 Å². The monoisotopic (exact) mass is 283 g/mol. The molecule has 0 bridgehead atoms. The lowest BCUT2D eigenvalue weighted by atomic mass is 9.96. The van der Waals surface area contributed by atoms with Gasteiger partial charge in [0.25, 0.3) is 0 Å². The third kappa shape index (κ3) is 2.81. The van der Waals surface area contributed by atoms with Crippen molar-refractivity contribution in [2.75, 3.05) is 5.73 Å². The van der Waals surface area contributed by atoms with Gasteiger partial charge in [-0.15, -0.1) is 0 Å². The molecule has 1 heterocycles. The Kier molecular flexibility index (Phi) is 3.48. The van der Waals surface area contributed by atoms with E-state index >= 15 is 0 Å². The highest BCUT2D eigenvalue weighted by Crippen LogP contribution is 2.31. The standard InChI is InChI=1S/C16H17N3O2/c17-14-5-4-12(21-11-2-1-3-11)9-13(14)15-8-10(16(18)20)6-7-19-15/h4-9,11H,1-3,17H2,(H2,18,20). The van der Waals surface area contributed by atoms with Gasteiger partial charge in [-0.2, -0.15) is 0 Å². The number of anilines is 1. The molecule has 1 fully saturated rings. The first-order valence-corrected chi connectivity index (χ1v) is 6.96. The maximum absolute atomic E-state index is 11.3. The zero-order valence-corrected chi connectivity index (χ0v) is 11.6. The smallest absolute Gasteiger partial charge is 0.248 e. The molecule has 1 amide bonds. The molecule has 1 saturated carbocycles. The van der Waals surface area contributed by atoms with E-state index in [1.54, 1.807) is 24.4 Å². The maximum Gasteiger partial charge on any atom is 0.248 e. The number of nitrogen functional groups attached to an aromatic ring is 1. The summed E-state index contributed by atoms with van der Waals surface area (Å²) in [6.07, 6.45) is 5.25. The average molecular weight is 283 g/mol. The molecule has 5 nitrogen and oxygen atoms in total. The molecule has 0 radical (unpaired) electrons. The first-order chi connectivity index (χ1) is 10.1. The van der Waals surface area contributed by atoms with Crippen LogP contribution in [0.4, 0.5) is 5.69 Å². The quantitative estimate of drug-likeness (QED) is 0.843. The SMILES string of the molecule is NC(=O)c1ccnc(-c2cc(OC3CCC3)ccc2N)c1. The van der Waals surface area contributed by atoms with E-state index in [2.05, 4.69) is 4.98 Å². The van der Waals surface area contributed by atoms with Crippen LogP contribution in [0.3, 0.4) is 0 Å². The molecule has 0 atom stereocenters. The van der Waals surface area contributed by atoms with E-state index in [4.69, 9.17) is 16.2 Å². The fourth-order valence-electron chi connectivity index (χ4n) is 2.24. The first-order valence-electron chi connectivity index (χ1n) is 6.96. The van der Waals surface area contributed by atoms with Crippen molar-refractivity contribution in [3.8, 4) is 17.0 Å². The van der Waals surface area contributed by atoms with Crippen LogP contribution in [-0.4, -0.2) is 17.0 Å². The minimum absolute atomic E-state index is 0.298. The van der Waals surface area contributed by atoms with Crippen LogP contribution < -0.4 is 16.2 Å². The summed E-state index contributed by atoms with van der Waals surface area (Å²) >= 11 is 0. The van der Waals surface area contributed by atoms with Crippen molar-refractivity contribution in [3.63, 3.8) is 0 Å². The van der Waals surface area contributed by atoms with Gasteiger partial charge in [0.2, 0.25) is 5.91 Å². The lowest BCUT2D eigenvalue weighted by Crippen LogP contribution is -2.24. The normalized spacial score (nSPS) is 14.5. The number of ether oxygens (including phenoxy) is 1. The second-order valence-corrected chi connectivity index (χ2v) is 5.21. The summed E-state index contributed by atoms with van der Waals surface area (Å²) in [7, 11) is 0. The maximum atomic E-state index is 11.3. The van der Waals surface area contributed by atoms with Crippen molar-refractivity contribution in [1.29, 1.82) is 0 Å². The molecular formula is C16H17N3O2. The van der Waals surface area contributed by atoms with Crippen molar-refractivity contribution in [2.24, 2.45) is 5.73 Å². The van der Waals surface area contributed by atoms with E-state index in [-0.39, 0.29) is 0 Å². The van der Waals surface area contributed by atoms with Crippen LogP contribution in [0.2, 0.25) is 0 Å². The zero-order valence-electron chi connectivity index (χ0n) is 11.6. The summed E-state index contributed by atoms with van der Waals surface area (Å²) in [5.41, 5.74) is 13.7. The summed E-state index contributed by atoms with van der Waals surface area (Å²) in [4.78, 5) is 15.5. The summed E-state index contributed by atoms with van der Waals surface area (Å²) in [5.74, 6) is 0.286. The summed E-state index contributed by atoms with van der Waals surface area (Å²) in [6.45, 7) is 0. The van der Waals surface area contributed by atoms with Gasteiger partial charge in [0.05, 0.1) is 11.8 Å². The molecule has 0 spiro atoms. The lowest BCUT2D eigenvalue weighted by molar-refractivity contribution is 0.1000. The number of nitrogens with two attached hydrogens (primary N) is 2. The Morgan fingerprint density at radius 3 is 2.71 bits per heavy atom. The molecular weight excluding hydrogens is 266 g/mol. The van der Waals surface area contributed by atoms with E-state index in [1.165, 1.54) is 6.42 Å². The third-order valence-electron chi connectivity index (χ3n) is 3.70. The summed E-state index contributed by atoms with van der Waals surface area (Å²) in [5, 5.41) is 0. The van der Waals surface area contributed by atoms with Gasteiger partial charge in [-0.05, 0) is 49.6 Å². The van der Waals surface area contributed by atoms with Crippen LogP contribution >= 0.6 is 0 Å². The van der Waals surface area contributed by atoms with Gasteiger partial charge in [0, 0.05) is 23.0 Å². The molecule has 2 aromatic rings. The van der Waals surface area contributed by atoms with Crippen LogP contribution in [-0.2, 0) is 0 Å².